The smallest absolute Gasteiger partial charge is 0.306 e. The Bertz CT molecular complexity index is 1050. The fourth-order valence-corrected chi connectivity index (χ4v) is 4.76. The molecule has 0 aromatic heterocycles. The number of hydrogen-bond donors (Lipinski definition) is 1. The Morgan fingerprint density at radius 3 is 2.83 bits per heavy atom. The van der Waals surface area contributed by atoms with Gasteiger partial charge in [0.15, 0.2) is 0 Å². The van der Waals surface area contributed by atoms with Gasteiger partial charge in [0.05, 0.1) is 18.7 Å². The molecule has 1 aliphatic rings. The van der Waals surface area contributed by atoms with Crippen molar-refractivity contribution in [2.75, 3.05) is 33.4 Å². The summed E-state index contributed by atoms with van der Waals surface area (Å²) in [5, 5.41) is 10.8. The van der Waals surface area contributed by atoms with Gasteiger partial charge in [0, 0.05) is 30.1 Å². The van der Waals surface area contributed by atoms with Gasteiger partial charge < -0.3 is 19.3 Å². The second-order valence-corrected chi connectivity index (χ2v) is 9.33. The third kappa shape index (κ3) is 7.69. The van der Waals surface area contributed by atoms with E-state index in [1.165, 1.54) is 6.07 Å². The largest absolute Gasteiger partial charge is 0.496 e. The van der Waals surface area contributed by atoms with Crippen LogP contribution >= 0.6 is 11.6 Å². The second-order valence-electron chi connectivity index (χ2n) is 8.92. The molecular formula is C28H35ClFNO5. The lowest BCUT2D eigenvalue weighted by atomic mass is 10.0. The highest BCUT2D eigenvalue weighted by Crippen LogP contribution is 2.29. The lowest BCUT2D eigenvalue weighted by Crippen LogP contribution is -2.39. The Morgan fingerprint density at radius 1 is 1.31 bits per heavy atom. The summed E-state index contributed by atoms with van der Waals surface area (Å²) >= 11 is 5.80. The van der Waals surface area contributed by atoms with E-state index in [9.17, 15) is 14.3 Å². The highest BCUT2D eigenvalue weighted by molar-refractivity contribution is 6.30. The fraction of sp³-hybridized carbons (Fsp3) is 0.464. The van der Waals surface area contributed by atoms with Gasteiger partial charge in [0.25, 0.3) is 0 Å². The van der Waals surface area contributed by atoms with Gasteiger partial charge in [-0.3, -0.25) is 9.69 Å². The summed E-state index contributed by atoms with van der Waals surface area (Å²) in [5.41, 5.74) is 2.43. The van der Waals surface area contributed by atoms with Crippen LogP contribution in [0.1, 0.15) is 42.9 Å². The van der Waals surface area contributed by atoms with E-state index in [0.29, 0.717) is 37.5 Å². The van der Waals surface area contributed by atoms with Crippen LogP contribution in [0.4, 0.5) is 4.39 Å². The number of benzene rings is 2. The molecule has 0 radical (unpaired) electrons. The summed E-state index contributed by atoms with van der Waals surface area (Å²) in [6, 6.07) is 10.7. The lowest BCUT2D eigenvalue weighted by molar-refractivity contribution is -0.143. The summed E-state index contributed by atoms with van der Waals surface area (Å²) in [6.07, 6.45) is 2.61. The van der Waals surface area contributed by atoms with E-state index >= 15 is 0 Å². The first-order valence-corrected chi connectivity index (χ1v) is 12.7. The zero-order valence-electron chi connectivity index (χ0n) is 21.0. The summed E-state index contributed by atoms with van der Waals surface area (Å²) in [5.74, 6) is 0.352. The first-order valence-electron chi connectivity index (χ1n) is 12.3. The number of carbonyl (C=O) groups excluding carboxylic acids is 1. The zero-order valence-corrected chi connectivity index (χ0v) is 21.7. The first kappa shape index (κ1) is 28.0. The maximum absolute atomic E-state index is 13.8. The van der Waals surface area contributed by atoms with E-state index in [0.717, 1.165) is 36.1 Å². The normalized spacial score (nSPS) is 16.5. The van der Waals surface area contributed by atoms with Crippen LogP contribution in [0.2, 0.25) is 5.02 Å². The predicted molar refractivity (Wildman–Crippen MR) is 139 cm³/mol. The maximum Gasteiger partial charge on any atom is 0.306 e. The summed E-state index contributed by atoms with van der Waals surface area (Å²) < 4.78 is 30.2. The van der Waals surface area contributed by atoms with Crippen LogP contribution < -0.4 is 4.74 Å². The minimum Gasteiger partial charge on any atom is -0.496 e. The molecule has 2 aromatic rings. The van der Waals surface area contributed by atoms with Gasteiger partial charge in [-0.25, -0.2) is 4.39 Å². The Balaban J connectivity index is 1.56. The van der Waals surface area contributed by atoms with E-state index in [2.05, 4.69) is 11.5 Å². The highest BCUT2D eigenvalue weighted by Gasteiger charge is 2.27. The van der Waals surface area contributed by atoms with Crippen molar-refractivity contribution < 1.29 is 28.5 Å². The summed E-state index contributed by atoms with van der Waals surface area (Å²) in [4.78, 5) is 14.1. The molecule has 1 heterocycles. The molecule has 2 atom stereocenters. The third-order valence-corrected chi connectivity index (χ3v) is 6.69. The number of methoxy groups -OCH3 is 1. The molecule has 1 aliphatic heterocycles. The molecule has 196 valence electrons. The molecule has 8 heteroatoms. The number of carbonyl (C=O) groups is 1. The number of aliphatic hydroxyl groups excluding tert-OH is 1. The molecule has 0 bridgehead atoms. The Labute approximate surface area is 217 Å². The molecule has 1 N–H and O–H groups in total. The summed E-state index contributed by atoms with van der Waals surface area (Å²) in [6.45, 7) is 7.55. The van der Waals surface area contributed by atoms with Crippen molar-refractivity contribution in [3.63, 3.8) is 0 Å². The van der Waals surface area contributed by atoms with Crippen molar-refractivity contribution in [1.29, 1.82) is 0 Å². The number of halogens is 2. The molecule has 1 fully saturated rings. The number of likely N-dealkylation sites (tertiary alicyclic amines) is 1. The molecule has 1 saturated heterocycles. The van der Waals surface area contributed by atoms with Gasteiger partial charge in [0.2, 0.25) is 0 Å². The number of nitrogens with zero attached hydrogens (tertiary/aromatic N) is 1. The highest BCUT2D eigenvalue weighted by atomic mass is 35.5. The van der Waals surface area contributed by atoms with Crippen molar-refractivity contribution in [2.24, 2.45) is 0 Å². The number of esters is 1. The standard InChI is InChI=1S/C28H35ClFNO5/c1-4-35-28(33)13-11-24-23(8-5-9-27(24)34-3)19(2)36-18-22(32)17-31-14-6-7-21(31)15-20-10-12-25(29)26(30)16-20/h5,8-10,12,16,21-22,32H,2,4,6-7,11,13-15,17-18H2,1,3H3/t21-,22+/m0/s1. The summed E-state index contributed by atoms with van der Waals surface area (Å²) in [7, 11) is 1.57. The van der Waals surface area contributed by atoms with Gasteiger partial charge in [-0.15, -0.1) is 0 Å². The van der Waals surface area contributed by atoms with Crippen LogP contribution in [-0.2, 0) is 27.1 Å². The van der Waals surface area contributed by atoms with E-state index in [1.807, 2.05) is 24.3 Å². The van der Waals surface area contributed by atoms with Crippen molar-refractivity contribution in [1.82, 2.24) is 4.90 Å². The van der Waals surface area contributed by atoms with Crippen molar-refractivity contribution in [2.45, 2.75) is 51.2 Å². The van der Waals surface area contributed by atoms with Crippen LogP contribution in [0.5, 0.6) is 5.75 Å². The molecule has 36 heavy (non-hydrogen) atoms. The Hall–Kier alpha value is -2.61. The number of rotatable bonds is 13. The van der Waals surface area contributed by atoms with Gasteiger partial charge >= 0.3 is 5.97 Å². The van der Waals surface area contributed by atoms with Crippen LogP contribution in [0.25, 0.3) is 5.76 Å². The minimum atomic E-state index is -0.724. The Kier molecular flexibility index (Phi) is 10.6. The van der Waals surface area contributed by atoms with Gasteiger partial charge in [0.1, 0.15) is 30.0 Å². The number of aliphatic hydroxyl groups is 1. The number of hydrogen-bond acceptors (Lipinski definition) is 6. The molecule has 2 aromatic carbocycles. The van der Waals surface area contributed by atoms with Gasteiger partial charge in [-0.1, -0.05) is 36.4 Å². The van der Waals surface area contributed by atoms with Crippen molar-refractivity contribution in [3.05, 3.63) is 70.5 Å². The quantitative estimate of drug-likeness (QED) is 0.295. The predicted octanol–water partition coefficient (Wildman–Crippen LogP) is 5.04. The minimum absolute atomic E-state index is 0.0755. The van der Waals surface area contributed by atoms with Crippen LogP contribution in [0.15, 0.2) is 43.0 Å². The molecule has 0 saturated carbocycles. The first-order chi connectivity index (χ1) is 17.3. The molecule has 3 rings (SSSR count). The van der Waals surface area contributed by atoms with Gasteiger partial charge in [-0.2, -0.15) is 0 Å². The molecule has 0 spiro atoms. The average molecular weight is 520 g/mol. The van der Waals surface area contributed by atoms with E-state index in [4.69, 9.17) is 25.8 Å². The van der Waals surface area contributed by atoms with Gasteiger partial charge in [-0.05, 0) is 62.9 Å². The Morgan fingerprint density at radius 2 is 2.11 bits per heavy atom. The molecule has 6 nitrogen and oxygen atoms in total. The molecule has 0 aliphatic carbocycles. The SMILES string of the molecule is C=C(OC[C@H](O)CN1CCC[C@H]1Cc1ccc(Cl)c(F)c1)c1cccc(OC)c1CCC(=O)OCC. The van der Waals surface area contributed by atoms with E-state index in [-0.39, 0.29) is 30.1 Å². The average Bonchev–Trinajstić information content (AvgIpc) is 3.29. The van der Waals surface area contributed by atoms with Crippen molar-refractivity contribution in [3.8, 4) is 5.75 Å². The zero-order chi connectivity index (χ0) is 26.1. The number of β-amino-alcohol motifs (C(OH)–C–C–N with tert-alkyl or cyclic N) is 1. The van der Waals surface area contributed by atoms with Crippen molar-refractivity contribution >= 4 is 23.3 Å². The topological polar surface area (TPSA) is 68.2 Å². The van der Waals surface area contributed by atoms with Crippen LogP contribution in [0.3, 0.4) is 0 Å². The van der Waals surface area contributed by atoms with Crippen LogP contribution in [0, 0.1) is 5.82 Å². The maximum atomic E-state index is 13.8. The molecular weight excluding hydrogens is 485 g/mol. The third-order valence-electron chi connectivity index (χ3n) is 6.39. The second kappa shape index (κ2) is 13.6. The van der Waals surface area contributed by atoms with Crippen LogP contribution in [-0.4, -0.2) is 61.5 Å². The molecule has 0 unspecified atom stereocenters. The van der Waals surface area contributed by atoms with E-state index in [1.54, 1.807) is 20.1 Å². The number of ether oxygens (including phenoxy) is 3. The lowest BCUT2D eigenvalue weighted by Gasteiger charge is -2.27. The van der Waals surface area contributed by atoms with E-state index < -0.39 is 11.9 Å². The fourth-order valence-electron chi connectivity index (χ4n) is 4.64. The monoisotopic (exact) mass is 519 g/mol. The molecule has 0 amide bonds.